The lowest BCUT2D eigenvalue weighted by Crippen LogP contribution is -2.35. The van der Waals surface area contributed by atoms with Gasteiger partial charge < -0.3 is 9.47 Å². The molecule has 0 aromatic heterocycles. The summed E-state index contributed by atoms with van der Waals surface area (Å²) in [6.45, 7) is 0.823. The first-order valence-electron chi connectivity index (χ1n) is 10.0. The largest absolute Gasteiger partial charge is 0.465 e. The lowest BCUT2D eigenvalue weighted by atomic mass is 10.1. The van der Waals surface area contributed by atoms with Crippen molar-refractivity contribution in [1.82, 2.24) is 4.31 Å². The summed E-state index contributed by atoms with van der Waals surface area (Å²) in [4.78, 5) is 23.5. The van der Waals surface area contributed by atoms with Crippen LogP contribution in [0.5, 0.6) is 0 Å². The predicted molar refractivity (Wildman–Crippen MR) is 119 cm³/mol. The summed E-state index contributed by atoms with van der Waals surface area (Å²) in [5.74, 6) is -1.68. The monoisotopic (exact) mass is 496 g/mol. The van der Waals surface area contributed by atoms with Gasteiger partial charge in [-0.3, -0.25) is 4.72 Å². The number of benzene rings is 2. The van der Waals surface area contributed by atoms with Crippen molar-refractivity contribution in [2.24, 2.45) is 0 Å². The van der Waals surface area contributed by atoms with Gasteiger partial charge in [0.15, 0.2) is 0 Å². The van der Waals surface area contributed by atoms with Gasteiger partial charge in [0, 0.05) is 13.1 Å². The lowest BCUT2D eigenvalue weighted by molar-refractivity contribution is 0.0598. The molecule has 10 nitrogen and oxygen atoms in total. The number of carbonyl (C=O) groups is 2. The van der Waals surface area contributed by atoms with Crippen LogP contribution in [0.15, 0.2) is 52.3 Å². The topological polar surface area (TPSA) is 136 Å². The fraction of sp³-hybridized carbons (Fsp3) is 0.333. The molecular formula is C21H24N2O8S2. The van der Waals surface area contributed by atoms with Crippen LogP contribution < -0.4 is 4.72 Å². The second kappa shape index (κ2) is 9.89. The standard InChI is InChI=1S/C21H24N2O8S2/c1-30-20(24)15-11-16(21(25)31-2)13-19(12-15)32(26,27)22-17-7-6-8-18(14-17)33(28,29)23-9-4-3-5-10-23/h6-8,11-14,22H,3-5,9-10H2,1-2H3. The van der Waals surface area contributed by atoms with Crippen molar-refractivity contribution in [2.45, 2.75) is 29.1 Å². The zero-order chi connectivity index (χ0) is 24.2. The summed E-state index contributed by atoms with van der Waals surface area (Å²) in [7, 11) is -5.84. The van der Waals surface area contributed by atoms with E-state index < -0.39 is 36.9 Å². The molecule has 33 heavy (non-hydrogen) atoms. The molecule has 1 aliphatic rings. The molecule has 0 amide bonds. The third kappa shape index (κ3) is 5.52. The van der Waals surface area contributed by atoms with Gasteiger partial charge in [-0.05, 0) is 49.2 Å². The smallest absolute Gasteiger partial charge is 0.337 e. The van der Waals surface area contributed by atoms with E-state index in [0.29, 0.717) is 13.1 Å². The van der Waals surface area contributed by atoms with Crippen LogP contribution in [-0.4, -0.2) is 60.4 Å². The van der Waals surface area contributed by atoms with E-state index in [4.69, 9.17) is 0 Å². The van der Waals surface area contributed by atoms with E-state index in [0.717, 1.165) is 51.7 Å². The van der Waals surface area contributed by atoms with Gasteiger partial charge in [0.05, 0.1) is 40.8 Å². The lowest BCUT2D eigenvalue weighted by Gasteiger charge is -2.26. The van der Waals surface area contributed by atoms with Gasteiger partial charge in [-0.25, -0.2) is 26.4 Å². The number of esters is 2. The van der Waals surface area contributed by atoms with Gasteiger partial charge in [0.25, 0.3) is 10.0 Å². The van der Waals surface area contributed by atoms with Crippen molar-refractivity contribution in [3.05, 3.63) is 53.6 Å². The van der Waals surface area contributed by atoms with Crippen LogP contribution in [0.3, 0.4) is 0 Å². The molecule has 0 saturated carbocycles. The predicted octanol–water partition coefficient (Wildman–Crippen LogP) is 2.24. The molecule has 0 spiro atoms. The molecule has 1 saturated heterocycles. The normalized spacial score (nSPS) is 15.0. The van der Waals surface area contributed by atoms with Crippen LogP contribution in [0, 0.1) is 0 Å². The molecule has 1 aliphatic heterocycles. The van der Waals surface area contributed by atoms with Gasteiger partial charge >= 0.3 is 11.9 Å². The van der Waals surface area contributed by atoms with E-state index in [1.807, 2.05) is 0 Å². The summed E-state index contributed by atoms with van der Waals surface area (Å²) in [6, 6.07) is 8.71. The number of carbonyl (C=O) groups excluding carboxylic acids is 2. The van der Waals surface area contributed by atoms with Crippen LogP contribution in [0.25, 0.3) is 0 Å². The summed E-state index contributed by atoms with van der Waals surface area (Å²) >= 11 is 0. The van der Waals surface area contributed by atoms with Crippen LogP contribution in [-0.2, 0) is 29.5 Å². The highest BCUT2D eigenvalue weighted by Gasteiger charge is 2.27. The Bertz CT molecular complexity index is 1230. The number of piperidine rings is 1. The average molecular weight is 497 g/mol. The van der Waals surface area contributed by atoms with Crippen LogP contribution in [0.4, 0.5) is 5.69 Å². The highest BCUT2D eigenvalue weighted by Crippen LogP contribution is 2.25. The Morgan fingerprint density at radius 3 is 1.94 bits per heavy atom. The van der Waals surface area contributed by atoms with Crippen molar-refractivity contribution in [3.63, 3.8) is 0 Å². The number of rotatable bonds is 7. The van der Waals surface area contributed by atoms with E-state index in [2.05, 4.69) is 14.2 Å². The minimum atomic E-state index is -4.30. The maximum absolute atomic E-state index is 13.0. The fourth-order valence-corrected chi connectivity index (χ4v) is 6.10. The molecule has 0 aliphatic carbocycles. The Morgan fingerprint density at radius 1 is 0.818 bits per heavy atom. The molecule has 0 bridgehead atoms. The number of ether oxygens (including phenoxy) is 2. The van der Waals surface area contributed by atoms with E-state index in [1.165, 1.54) is 28.6 Å². The van der Waals surface area contributed by atoms with Crippen molar-refractivity contribution in [2.75, 3.05) is 32.0 Å². The number of hydrogen-bond acceptors (Lipinski definition) is 8. The second-order valence-corrected chi connectivity index (χ2v) is 10.9. The SMILES string of the molecule is COC(=O)c1cc(C(=O)OC)cc(S(=O)(=O)Nc2cccc(S(=O)(=O)N3CCCCC3)c2)c1. The second-order valence-electron chi connectivity index (χ2n) is 7.33. The molecule has 12 heteroatoms. The minimum absolute atomic E-state index is 0.0103. The highest BCUT2D eigenvalue weighted by atomic mass is 32.2. The number of nitrogens with one attached hydrogen (secondary N) is 1. The molecule has 1 N–H and O–H groups in total. The summed E-state index contributed by atoms with van der Waals surface area (Å²) < 4.78 is 64.8. The van der Waals surface area contributed by atoms with Crippen molar-refractivity contribution in [1.29, 1.82) is 0 Å². The molecule has 0 unspecified atom stereocenters. The van der Waals surface area contributed by atoms with Crippen LogP contribution in [0.2, 0.25) is 0 Å². The number of anilines is 1. The first-order chi connectivity index (χ1) is 15.6. The summed E-state index contributed by atoms with van der Waals surface area (Å²) in [5, 5.41) is 0. The van der Waals surface area contributed by atoms with Gasteiger partial charge in [-0.15, -0.1) is 0 Å². The van der Waals surface area contributed by atoms with Gasteiger partial charge in [-0.2, -0.15) is 4.31 Å². The van der Waals surface area contributed by atoms with E-state index >= 15 is 0 Å². The van der Waals surface area contributed by atoms with Crippen LogP contribution in [0.1, 0.15) is 40.0 Å². The molecule has 1 fully saturated rings. The molecule has 2 aromatic carbocycles. The maximum atomic E-state index is 13.0. The van der Waals surface area contributed by atoms with Gasteiger partial charge in [-0.1, -0.05) is 12.5 Å². The third-order valence-corrected chi connectivity index (χ3v) is 8.35. The Morgan fingerprint density at radius 2 is 1.39 bits per heavy atom. The number of hydrogen-bond donors (Lipinski definition) is 1. The van der Waals surface area contributed by atoms with Crippen molar-refractivity contribution in [3.8, 4) is 0 Å². The number of sulfonamides is 2. The first kappa shape index (κ1) is 24.7. The van der Waals surface area contributed by atoms with E-state index in [1.54, 1.807) is 0 Å². The number of methoxy groups -OCH3 is 2. The zero-order valence-corrected chi connectivity index (χ0v) is 19.7. The Balaban J connectivity index is 1.96. The molecule has 0 atom stereocenters. The molecular weight excluding hydrogens is 472 g/mol. The third-order valence-electron chi connectivity index (χ3n) is 5.10. The molecule has 178 valence electrons. The van der Waals surface area contributed by atoms with Gasteiger partial charge in [0.2, 0.25) is 10.0 Å². The fourth-order valence-electron chi connectivity index (χ4n) is 3.41. The Kier molecular flexibility index (Phi) is 7.40. The summed E-state index contributed by atoms with van der Waals surface area (Å²) in [5.41, 5.74) is -0.319. The highest BCUT2D eigenvalue weighted by molar-refractivity contribution is 7.92. The summed E-state index contributed by atoms with van der Waals surface area (Å²) in [6.07, 6.45) is 2.50. The molecule has 0 radical (unpaired) electrons. The quantitative estimate of drug-likeness (QED) is 0.577. The zero-order valence-electron chi connectivity index (χ0n) is 18.1. The van der Waals surface area contributed by atoms with Gasteiger partial charge in [0.1, 0.15) is 0 Å². The number of nitrogens with zero attached hydrogens (tertiary/aromatic N) is 1. The molecule has 2 aromatic rings. The Labute approximate surface area is 192 Å². The van der Waals surface area contributed by atoms with E-state index in [-0.39, 0.29) is 21.7 Å². The Hall–Kier alpha value is -2.96. The van der Waals surface area contributed by atoms with Crippen LogP contribution >= 0.6 is 0 Å². The first-order valence-corrected chi connectivity index (χ1v) is 13.0. The molecule has 1 heterocycles. The molecule has 3 rings (SSSR count). The van der Waals surface area contributed by atoms with E-state index in [9.17, 15) is 26.4 Å². The van der Waals surface area contributed by atoms with Crippen molar-refractivity contribution >= 4 is 37.7 Å². The maximum Gasteiger partial charge on any atom is 0.337 e. The van der Waals surface area contributed by atoms with Crippen molar-refractivity contribution < 1.29 is 35.9 Å². The average Bonchev–Trinajstić information content (AvgIpc) is 2.83. The minimum Gasteiger partial charge on any atom is -0.465 e.